The molecular formula is C13H23N3O. The third kappa shape index (κ3) is 2.38. The van der Waals surface area contributed by atoms with Gasteiger partial charge in [-0.05, 0) is 26.3 Å². The predicted molar refractivity (Wildman–Crippen MR) is 68.2 cm³/mol. The van der Waals surface area contributed by atoms with Crippen LogP contribution in [0.5, 0.6) is 0 Å². The third-order valence-corrected chi connectivity index (χ3v) is 3.48. The molecule has 96 valence electrons. The summed E-state index contributed by atoms with van der Waals surface area (Å²) in [6.07, 6.45) is 3.14. The Labute approximate surface area is 103 Å². The summed E-state index contributed by atoms with van der Waals surface area (Å²) in [7, 11) is 1.99. The number of ether oxygens (including phenoxy) is 1. The van der Waals surface area contributed by atoms with E-state index >= 15 is 0 Å². The molecule has 0 bridgehead atoms. The molecule has 0 aliphatic carbocycles. The van der Waals surface area contributed by atoms with Crippen LogP contribution >= 0.6 is 0 Å². The van der Waals surface area contributed by atoms with Crippen molar-refractivity contribution in [3.63, 3.8) is 0 Å². The number of hydrogen-bond acceptors (Lipinski definition) is 3. The van der Waals surface area contributed by atoms with Crippen LogP contribution in [-0.2, 0) is 24.1 Å². The molecule has 1 N–H and O–H groups in total. The lowest BCUT2D eigenvalue weighted by Gasteiger charge is -2.13. The van der Waals surface area contributed by atoms with Crippen molar-refractivity contribution < 1.29 is 4.74 Å². The zero-order chi connectivity index (χ0) is 12.3. The van der Waals surface area contributed by atoms with E-state index in [-0.39, 0.29) is 0 Å². The van der Waals surface area contributed by atoms with Gasteiger partial charge in [0.25, 0.3) is 0 Å². The Hall–Kier alpha value is -0.870. The second-order valence-electron chi connectivity index (χ2n) is 4.57. The van der Waals surface area contributed by atoms with Crippen molar-refractivity contribution in [2.45, 2.75) is 45.7 Å². The summed E-state index contributed by atoms with van der Waals surface area (Å²) >= 11 is 0. The molecule has 1 fully saturated rings. The fourth-order valence-electron chi connectivity index (χ4n) is 2.61. The standard InChI is InChI=1S/C13H23N3O/c1-4-12-11(8-14-3)13(5-2)16(15-12)10-6-7-17-9-10/h10,14H,4-9H2,1-3H3. The number of aromatic nitrogens is 2. The van der Waals surface area contributed by atoms with Crippen LogP contribution in [0.3, 0.4) is 0 Å². The smallest absolute Gasteiger partial charge is 0.0777 e. The van der Waals surface area contributed by atoms with Crippen molar-refractivity contribution in [3.8, 4) is 0 Å². The van der Waals surface area contributed by atoms with Crippen molar-refractivity contribution in [2.24, 2.45) is 0 Å². The first-order chi connectivity index (χ1) is 8.31. The average molecular weight is 237 g/mol. The number of nitrogens with zero attached hydrogens (tertiary/aromatic N) is 2. The van der Waals surface area contributed by atoms with E-state index in [9.17, 15) is 0 Å². The molecule has 0 spiro atoms. The Morgan fingerprint density at radius 2 is 2.24 bits per heavy atom. The molecule has 4 nitrogen and oxygen atoms in total. The van der Waals surface area contributed by atoms with Gasteiger partial charge in [-0.3, -0.25) is 4.68 Å². The minimum atomic E-state index is 0.445. The van der Waals surface area contributed by atoms with Gasteiger partial charge in [-0.25, -0.2) is 0 Å². The van der Waals surface area contributed by atoms with E-state index in [4.69, 9.17) is 9.84 Å². The van der Waals surface area contributed by atoms with E-state index in [0.29, 0.717) is 6.04 Å². The summed E-state index contributed by atoms with van der Waals surface area (Å²) in [5, 5.41) is 8.05. The first-order valence-electron chi connectivity index (χ1n) is 6.63. The number of hydrogen-bond donors (Lipinski definition) is 1. The largest absolute Gasteiger partial charge is 0.379 e. The van der Waals surface area contributed by atoms with Crippen LogP contribution in [0.4, 0.5) is 0 Å². The highest BCUT2D eigenvalue weighted by molar-refractivity contribution is 5.27. The van der Waals surface area contributed by atoms with Crippen LogP contribution in [0.1, 0.15) is 43.3 Å². The summed E-state index contributed by atoms with van der Waals surface area (Å²) in [5.74, 6) is 0. The number of rotatable bonds is 5. The molecule has 1 saturated heterocycles. The monoisotopic (exact) mass is 237 g/mol. The summed E-state index contributed by atoms with van der Waals surface area (Å²) in [6.45, 7) is 6.99. The molecule has 1 aliphatic heterocycles. The summed E-state index contributed by atoms with van der Waals surface area (Å²) in [5.41, 5.74) is 4.01. The van der Waals surface area contributed by atoms with Gasteiger partial charge in [-0.1, -0.05) is 13.8 Å². The zero-order valence-corrected chi connectivity index (χ0v) is 11.1. The Morgan fingerprint density at radius 3 is 2.76 bits per heavy atom. The summed E-state index contributed by atoms with van der Waals surface area (Å²) < 4.78 is 7.70. The number of aryl methyl sites for hydroxylation is 1. The highest BCUT2D eigenvalue weighted by atomic mass is 16.5. The van der Waals surface area contributed by atoms with E-state index in [2.05, 4.69) is 23.8 Å². The second kappa shape index (κ2) is 5.65. The lowest BCUT2D eigenvalue weighted by molar-refractivity contribution is 0.184. The zero-order valence-electron chi connectivity index (χ0n) is 11.1. The molecule has 0 saturated carbocycles. The number of nitrogens with one attached hydrogen (secondary N) is 1. The molecule has 2 rings (SSSR count). The fraction of sp³-hybridized carbons (Fsp3) is 0.769. The maximum Gasteiger partial charge on any atom is 0.0777 e. The molecule has 0 radical (unpaired) electrons. The van der Waals surface area contributed by atoms with Gasteiger partial charge < -0.3 is 10.1 Å². The van der Waals surface area contributed by atoms with Crippen LogP contribution in [0.15, 0.2) is 0 Å². The van der Waals surface area contributed by atoms with Crippen LogP contribution in [-0.4, -0.2) is 30.0 Å². The molecule has 2 heterocycles. The van der Waals surface area contributed by atoms with Gasteiger partial charge >= 0.3 is 0 Å². The topological polar surface area (TPSA) is 39.1 Å². The fourth-order valence-corrected chi connectivity index (χ4v) is 2.61. The quantitative estimate of drug-likeness (QED) is 0.847. The van der Waals surface area contributed by atoms with Gasteiger partial charge in [-0.15, -0.1) is 0 Å². The molecule has 4 heteroatoms. The SMILES string of the molecule is CCc1nn(C2CCOC2)c(CC)c1CNC. The Balaban J connectivity index is 2.36. The minimum Gasteiger partial charge on any atom is -0.379 e. The minimum absolute atomic E-state index is 0.445. The molecule has 1 unspecified atom stereocenters. The summed E-state index contributed by atoms with van der Waals surface area (Å²) in [4.78, 5) is 0. The Bertz CT molecular complexity index is 367. The van der Waals surface area contributed by atoms with Crippen LogP contribution in [0.25, 0.3) is 0 Å². The molecule has 1 aromatic heterocycles. The van der Waals surface area contributed by atoms with Gasteiger partial charge in [0.15, 0.2) is 0 Å². The summed E-state index contributed by atoms with van der Waals surface area (Å²) in [6, 6.07) is 0.445. The Kier molecular flexibility index (Phi) is 4.18. The Morgan fingerprint density at radius 1 is 1.41 bits per heavy atom. The van der Waals surface area contributed by atoms with Crippen molar-refractivity contribution in [1.82, 2.24) is 15.1 Å². The van der Waals surface area contributed by atoms with Crippen LogP contribution in [0, 0.1) is 0 Å². The maximum atomic E-state index is 5.48. The van der Waals surface area contributed by atoms with E-state index in [1.807, 2.05) is 7.05 Å². The van der Waals surface area contributed by atoms with Crippen molar-refractivity contribution in [2.75, 3.05) is 20.3 Å². The molecule has 17 heavy (non-hydrogen) atoms. The van der Waals surface area contributed by atoms with Gasteiger partial charge in [0.05, 0.1) is 18.3 Å². The lowest BCUT2D eigenvalue weighted by Crippen LogP contribution is -2.15. The molecule has 1 aromatic rings. The molecule has 0 aromatic carbocycles. The van der Waals surface area contributed by atoms with Gasteiger partial charge in [0.2, 0.25) is 0 Å². The highest BCUT2D eigenvalue weighted by Gasteiger charge is 2.24. The van der Waals surface area contributed by atoms with E-state index in [1.165, 1.54) is 17.0 Å². The van der Waals surface area contributed by atoms with E-state index < -0.39 is 0 Å². The highest BCUT2D eigenvalue weighted by Crippen LogP contribution is 2.25. The van der Waals surface area contributed by atoms with Crippen LogP contribution < -0.4 is 5.32 Å². The first kappa shape index (κ1) is 12.6. The van der Waals surface area contributed by atoms with Crippen molar-refractivity contribution >= 4 is 0 Å². The van der Waals surface area contributed by atoms with Crippen LogP contribution in [0.2, 0.25) is 0 Å². The third-order valence-electron chi connectivity index (χ3n) is 3.48. The molecule has 0 amide bonds. The molecule has 1 aliphatic rings. The lowest BCUT2D eigenvalue weighted by atomic mass is 10.1. The van der Waals surface area contributed by atoms with E-state index in [0.717, 1.165) is 39.0 Å². The predicted octanol–water partition coefficient (Wildman–Crippen LogP) is 1.69. The van der Waals surface area contributed by atoms with Gasteiger partial charge in [0, 0.05) is 24.4 Å². The molecule has 1 atom stereocenters. The van der Waals surface area contributed by atoms with Crippen molar-refractivity contribution in [3.05, 3.63) is 17.0 Å². The van der Waals surface area contributed by atoms with Crippen molar-refractivity contribution in [1.29, 1.82) is 0 Å². The maximum absolute atomic E-state index is 5.48. The van der Waals surface area contributed by atoms with Gasteiger partial charge in [-0.2, -0.15) is 5.10 Å². The van der Waals surface area contributed by atoms with E-state index in [1.54, 1.807) is 0 Å². The normalized spacial score (nSPS) is 20.1. The average Bonchev–Trinajstić information content (AvgIpc) is 2.95. The molecular weight excluding hydrogens is 214 g/mol. The second-order valence-corrected chi connectivity index (χ2v) is 4.57. The van der Waals surface area contributed by atoms with Gasteiger partial charge in [0.1, 0.15) is 0 Å². The first-order valence-corrected chi connectivity index (χ1v) is 6.63.